The van der Waals surface area contributed by atoms with Gasteiger partial charge in [0.2, 0.25) is 0 Å². The van der Waals surface area contributed by atoms with Crippen LogP contribution in [0.4, 0.5) is 13.2 Å². The van der Waals surface area contributed by atoms with Crippen LogP contribution in [0.2, 0.25) is 0 Å². The fourth-order valence-electron chi connectivity index (χ4n) is 4.17. The molecule has 2 amide bonds. The van der Waals surface area contributed by atoms with E-state index in [4.69, 9.17) is 11.5 Å². The van der Waals surface area contributed by atoms with E-state index in [1.807, 2.05) is 0 Å². The smallest absolute Gasteiger partial charge is 0.312 e. The lowest BCUT2D eigenvalue weighted by Gasteiger charge is -2.40. The predicted molar refractivity (Wildman–Crippen MR) is 83.6 cm³/mol. The Kier molecular flexibility index (Phi) is 4.73. The Hall–Kier alpha value is -2.09. The number of primary amides is 1. The minimum atomic E-state index is -1.23. The second-order valence-corrected chi connectivity index (χ2v) is 6.92. The van der Waals surface area contributed by atoms with Crippen molar-refractivity contribution in [1.82, 2.24) is 4.90 Å². The Morgan fingerprint density at radius 3 is 2.20 bits per heavy atom. The van der Waals surface area contributed by atoms with Crippen LogP contribution in [-0.4, -0.2) is 34.8 Å². The molecule has 0 unspecified atom stereocenters. The van der Waals surface area contributed by atoms with Crippen LogP contribution in [0, 0.1) is 23.4 Å². The number of halogens is 3. The zero-order chi connectivity index (χ0) is 18.3. The zero-order valence-electron chi connectivity index (χ0n) is 13.6. The van der Waals surface area contributed by atoms with Gasteiger partial charge in [0.15, 0.2) is 11.6 Å². The maximum Gasteiger partial charge on any atom is 0.312 e. The summed E-state index contributed by atoms with van der Waals surface area (Å²) in [5.41, 5.74) is 11.3. The van der Waals surface area contributed by atoms with Crippen molar-refractivity contribution >= 4 is 11.8 Å². The number of hydrogen-bond acceptors (Lipinski definition) is 3. The van der Waals surface area contributed by atoms with E-state index in [2.05, 4.69) is 0 Å². The summed E-state index contributed by atoms with van der Waals surface area (Å²) >= 11 is 0. The van der Waals surface area contributed by atoms with E-state index in [-0.39, 0.29) is 30.0 Å². The Morgan fingerprint density at radius 2 is 1.64 bits per heavy atom. The van der Waals surface area contributed by atoms with Crippen molar-refractivity contribution in [1.29, 1.82) is 0 Å². The van der Waals surface area contributed by atoms with Gasteiger partial charge in [-0.3, -0.25) is 9.59 Å². The quantitative estimate of drug-likeness (QED) is 0.631. The van der Waals surface area contributed by atoms with Crippen LogP contribution < -0.4 is 11.5 Å². The first-order valence-electron chi connectivity index (χ1n) is 8.29. The molecule has 0 aliphatic carbocycles. The van der Waals surface area contributed by atoms with Crippen molar-refractivity contribution in [3.63, 3.8) is 0 Å². The van der Waals surface area contributed by atoms with E-state index in [0.29, 0.717) is 18.9 Å². The van der Waals surface area contributed by atoms with Gasteiger partial charge in [-0.15, -0.1) is 0 Å². The summed E-state index contributed by atoms with van der Waals surface area (Å²) in [5.74, 6) is -4.80. The van der Waals surface area contributed by atoms with E-state index in [0.717, 1.165) is 18.9 Å². The van der Waals surface area contributed by atoms with Crippen molar-refractivity contribution in [2.45, 2.75) is 50.2 Å². The Morgan fingerprint density at radius 1 is 1.08 bits per heavy atom. The fraction of sp³-hybridized carbons (Fsp3) is 0.529. The first kappa shape index (κ1) is 17.7. The topological polar surface area (TPSA) is 89.4 Å². The van der Waals surface area contributed by atoms with Crippen LogP contribution in [0.1, 0.15) is 31.2 Å². The predicted octanol–water partition coefficient (Wildman–Crippen LogP) is 1.23. The largest absolute Gasteiger partial charge is 0.361 e. The Labute approximate surface area is 143 Å². The second-order valence-electron chi connectivity index (χ2n) is 6.92. The van der Waals surface area contributed by atoms with Gasteiger partial charge in [0.05, 0.1) is 0 Å². The lowest BCUT2D eigenvalue weighted by molar-refractivity contribution is -0.147. The average molecular weight is 355 g/mol. The number of fused-ring (bicyclic) bond motifs is 2. The van der Waals surface area contributed by atoms with E-state index >= 15 is 0 Å². The number of amides is 2. The minimum absolute atomic E-state index is 0.00180. The van der Waals surface area contributed by atoms with Crippen LogP contribution in [0.25, 0.3) is 0 Å². The summed E-state index contributed by atoms with van der Waals surface area (Å²) in [6.45, 7) is 0. The van der Waals surface area contributed by atoms with Crippen molar-refractivity contribution in [3.05, 3.63) is 35.1 Å². The number of piperidine rings is 1. The lowest BCUT2D eigenvalue weighted by Crippen LogP contribution is -2.53. The molecule has 0 spiro atoms. The molecule has 8 heteroatoms. The maximum atomic E-state index is 13.8. The third-order valence-electron chi connectivity index (χ3n) is 5.37. The molecule has 4 N–H and O–H groups in total. The van der Waals surface area contributed by atoms with Gasteiger partial charge >= 0.3 is 11.8 Å². The molecule has 2 bridgehead atoms. The molecule has 0 radical (unpaired) electrons. The number of carbonyl (C=O) groups excluding carboxylic acids is 2. The normalized spacial score (nSPS) is 26.6. The van der Waals surface area contributed by atoms with Gasteiger partial charge in [0.25, 0.3) is 0 Å². The summed E-state index contributed by atoms with van der Waals surface area (Å²) in [5, 5.41) is 0. The molecule has 136 valence electrons. The highest BCUT2D eigenvalue weighted by atomic mass is 19.2. The lowest BCUT2D eigenvalue weighted by atomic mass is 9.82. The maximum absolute atomic E-state index is 13.8. The highest BCUT2D eigenvalue weighted by Gasteiger charge is 2.45. The molecular formula is C17H20F3N3O2. The number of rotatable bonds is 3. The van der Waals surface area contributed by atoms with E-state index in [1.54, 1.807) is 4.90 Å². The third-order valence-corrected chi connectivity index (χ3v) is 5.37. The Bertz CT molecular complexity index is 699. The molecule has 4 atom stereocenters. The minimum Gasteiger partial charge on any atom is -0.361 e. The molecular weight excluding hydrogens is 335 g/mol. The summed E-state index contributed by atoms with van der Waals surface area (Å²) < 4.78 is 40.2. The highest BCUT2D eigenvalue weighted by molar-refractivity contribution is 6.34. The first-order chi connectivity index (χ1) is 11.8. The summed E-state index contributed by atoms with van der Waals surface area (Å²) in [6, 6.07) is 0.697. The monoisotopic (exact) mass is 355 g/mol. The van der Waals surface area contributed by atoms with Crippen molar-refractivity contribution in [2.75, 3.05) is 0 Å². The molecule has 1 aromatic carbocycles. The van der Waals surface area contributed by atoms with Crippen molar-refractivity contribution < 1.29 is 22.8 Å². The first-order valence-corrected chi connectivity index (χ1v) is 8.29. The molecule has 2 heterocycles. The number of hydrogen-bond donors (Lipinski definition) is 2. The van der Waals surface area contributed by atoms with Gasteiger partial charge in [-0.2, -0.15) is 0 Å². The second kappa shape index (κ2) is 6.67. The van der Waals surface area contributed by atoms with Crippen LogP contribution in [0.15, 0.2) is 12.1 Å². The van der Waals surface area contributed by atoms with Crippen LogP contribution in [-0.2, 0) is 16.0 Å². The number of carbonyl (C=O) groups is 2. The molecule has 25 heavy (non-hydrogen) atoms. The number of nitrogens with zero attached hydrogens (tertiary/aromatic N) is 1. The van der Waals surface area contributed by atoms with E-state index < -0.39 is 35.3 Å². The molecule has 2 fully saturated rings. The van der Waals surface area contributed by atoms with Gasteiger partial charge < -0.3 is 16.4 Å². The highest BCUT2D eigenvalue weighted by Crippen LogP contribution is 2.40. The van der Waals surface area contributed by atoms with E-state index in [9.17, 15) is 22.8 Å². The molecule has 0 aromatic heterocycles. The summed E-state index contributed by atoms with van der Waals surface area (Å²) in [6.07, 6.45) is 2.79. The number of nitrogens with two attached hydrogens (primary N) is 2. The van der Waals surface area contributed by atoms with Gasteiger partial charge in [-0.25, -0.2) is 13.2 Å². The molecule has 2 saturated heterocycles. The van der Waals surface area contributed by atoms with Crippen LogP contribution >= 0.6 is 0 Å². The van der Waals surface area contributed by atoms with Crippen molar-refractivity contribution in [3.8, 4) is 0 Å². The van der Waals surface area contributed by atoms with Crippen LogP contribution in [0.3, 0.4) is 0 Å². The third kappa shape index (κ3) is 3.35. The van der Waals surface area contributed by atoms with Crippen LogP contribution in [0.5, 0.6) is 0 Å². The molecule has 2 aliphatic rings. The fourth-order valence-corrected chi connectivity index (χ4v) is 4.17. The molecule has 2 aliphatic heterocycles. The van der Waals surface area contributed by atoms with Gasteiger partial charge in [-0.05, 0) is 49.7 Å². The molecule has 0 saturated carbocycles. The van der Waals surface area contributed by atoms with Gasteiger partial charge in [0, 0.05) is 24.2 Å². The molecule has 3 rings (SSSR count). The number of benzene rings is 1. The zero-order valence-corrected chi connectivity index (χ0v) is 13.6. The molecule has 1 aromatic rings. The van der Waals surface area contributed by atoms with E-state index in [1.165, 1.54) is 0 Å². The average Bonchev–Trinajstić information content (AvgIpc) is 2.80. The molecule has 5 nitrogen and oxygen atoms in total. The van der Waals surface area contributed by atoms with Crippen molar-refractivity contribution in [2.24, 2.45) is 17.4 Å². The summed E-state index contributed by atoms with van der Waals surface area (Å²) in [4.78, 5) is 24.6. The SMILES string of the molecule is NC(=O)C(=O)N1[C@@H]2CC[C@H]1C[C@@H]([C@H](N)Cc1cc(F)c(F)cc1F)C2. The standard InChI is InChI=1S/C17H20F3N3O2/c18-12-7-14(20)13(19)5-8(12)6-15(21)9-3-10-1-2-11(4-9)23(10)17(25)16(22)24/h5,7,9-11,15H,1-4,6,21H2,(H2,22,24)/t9-,10+,11-,15-/m1/s1. The van der Waals surface area contributed by atoms with Gasteiger partial charge in [-0.1, -0.05) is 0 Å². The Balaban J connectivity index is 1.69. The van der Waals surface area contributed by atoms with Gasteiger partial charge in [0.1, 0.15) is 5.82 Å². The summed E-state index contributed by atoms with van der Waals surface area (Å²) in [7, 11) is 0.